The number of ether oxygens (including phenoxy) is 2. The van der Waals surface area contributed by atoms with Crippen molar-refractivity contribution < 1.29 is 14.3 Å². The molecule has 0 radical (unpaired) electrons. The van der Waals surface area contributed by atoms with E-state index in [1.807, 2.05) is 14.1 Å². The van der Waals surface area contributed by atoms with Crippen LogP contribution in [0.2, 0.25) is 0 Å². The van der Waals surface area contributed by atoms with E-state index in [1.54, 1.807) is 0 Å². The topological polar surface area (TPSA) is 42.1 Å². The van der Waals surface area contributed by atoms with Crippen molar-refractivity contribution in [2.45, 2.75) is 37.2 Å². The first-order valence-corrected chi connectivity index (χ1v) is 5.13. The molecular formula is C9H14ClNO3. The van der Waals surface area contributed by atoms with Crippen LogP contribution in [0.4, 0.5) is 4.79 Å². The van der Waals surface area contributed by atoms with Crippen LogP contribution in [0, 0.1) is 0 Å². The Kier molecular flexibility index (Phi) is 2.68. The molecule has 4 atom stereocenters. The molecular weight excluding hydrogens is 206 g/mol. The van der Waals surface area contributed by atoms with E-state index in [0.717, 1.165) is 12.8 Å². The van der Waals surface area contributed by atoms with E-state index in [0.29, 0.717) is 12.1 Å². The van der Waals surface area contributed by atoms with Crippen molar-refractivity contribution in [3.8, 4) is 0 Å². The minimum atomic E-state index is -0.716. The lowest BCUT2D eigenvalue weighted by Gasteiger charge is -2.29. The zero-order valence-corrected chi connectivity index (χ0v) is 9.03. The predicted octanol–water partition coefficient (Wildman–Crippen LogP) is 1.22. The molecule has 2 aliphatic rings. The summed E-state index contributed by atoms with van der Waals surface area (Å²) in [5, 5.41) is 0. The molecule has 0 aromatic rings. The standard InChI is InChI=1S/C9H14ClNO3/c1-11(2)6-3-5(13-9(10)12)4-7-8(6)14-7/h5-8H,3-4H2,1-2H3/t5-,6-,7+,8-/m1/s1. The molecule has 1 aliphatic carbocycles. The molecule has 1 aliphatic heterocycles. The average molecular weight is 220 g/mol. The van der Waals surface area contributed by atoms with Crippen LogP contribution in [0.3, 0.4) is 0 Å². The largest absolute Gasteiger partial charge is 0.450 e. The number of carbonyl (C=O) groups is 1. The van der Waals surface area contributed by atoms with Crippen LogP contribution in [0.15, 0.2) is 0 Å². The first-order valence-electron chi connectivity index (χ1n) is 4.76. The van der Waals surface area contributed by atoms with Crippen LogP contribution in [-0.2, 0) is 9.47 Å². The number of fused-ring (bicyclic) bond motifs is 1. The maximum absolute atomic E-state index is 10.6. The molecule has 1 saturated carbocycles. The Morgan fingerprint density at radius 3 is 2.79 bits per heavy atom. The van der Waals surface area contributed by atoms with Crippen LogP contribution >= 0.6 is 11.6 Å². The van der Waals surface area contributed by atoms with Crippen molar-refractivity contribution in [2.75, 3.05) is 14.1 Å². The Hall–Kier alpha value is -0.320. The number of nitrogens with zero attached hydrogens (tertiary/aromatic N) is 1. The Labute approximate surface area is 88.1 Å². The molecule has 0 spiro atoms. The smallest absolute Gasteiger partial charge is 0.404 e. The molecule has 0 unspecified atom stereocenters. The van der Waals surface area contributed by atoms with Crippen molar-refractivity contribution in [3.05, 3.63) is 0 Å². The zero-order chi connectivity index (χ0) is 10.3. The maximum Gasteiger partial charge on any atom is 0.404 e. The third-order valence-corrected chi connectivity index (χ3v) is 3.01. The van der Waals surface area contributed by atoms with Gasteiger partial charge in [-0.3, -0.25) is 0 Å². The van der Waals surface area contributed by atoms with Crippen molar-refractivity contribution in [1.29, 1.82) is 0 Å². The number of epoxide rings is 1. The normalized spacial score (nSPS) is 40.6. The van der Waals surface area contributed by atoms with Gasteiger partial charge in [-0.05, 0) is 14.1 Å². The summed E-state index contributed by atoms with van der Waals surface area (Å²) in [7, 11) is 4.02. The lowest BCUT2D eigenvalue weighted by Crippen LogP contribution is -2.41. The molecule has 14 heavy (non-hydrogen) atoms. The fraction of sp³-hybridized carbons (Fsp3) is 0.889. The molecule has 0 aromatic heterocycles. The molecule has 1 saturated heterocycles. The van der Waals surface area contributed by atoms with E-state index < -0.39 is 5.43 Å². The quantitative estimate of drug-likeness (QED) is 0.518. The molecule has 80 valence electrons. The molecule has 5 heteroatoms. The van der Waals surface area contributed by atoms with Gasteiger partial charge >= 0.3 is 5.43 Å². The number of halogens is 1. The zero-order valence-electron chi connectivity index (χ0n) is 8.27. The summed E-state index contributed by atoms with van der Waals surface area (Å²) in [6, 6.07) is 0.342. The minimum Gasteiger partial charge on any atom is -0.450 e. The molecule has 0 bridgehead atoms. The Morgan fingerprint density at radius 1 is 1.50 bits per heavy atom. The fourth-order valence-corrected chi connectivity index (χ4v) is 2.30. The minimum absolute atomic E-state index is 0.0869. The van der Waals surface area contributed by atoms with E-state index >= 15 is 0 Å². The molecule has 2 rings (SSSR count). The van der Waals surface area contributed by atoms with E-state index in [-0.39, 0.29) is 12.2 Å². The Bertz CT molecular complexity index is 246. The van der Waals surface area contributed by atoms with E-state index in [4.69, 9.17) is 21.1 Å². The highest BCUT2D eigenvalue weighted by Gasteiger charge is 2.52. The second-order valence-corrected chi connectivity index (χ2v) is 4.43. The summed E-state index contributed by atoms with van der Waals surface area (Å²) < 4.78 is 10.5. The first-order chi connectivity index (χ1) is 6.58. The van der Waals surface area contributed by atoms with Gasteiger partial charge in [0, 0.05) is 30.5 Å². The van der Waals surface area contributed by atoms with Gasteiger partial charge in [-0.15, -0.1) is 0 Å². The van der Waals surface area contributed by atoms with Crippen molar-refractivity contribution in [2.24, 2.45) is 0 Å². The van der Waals surface area contributed by atoms with Crippen LogP contribution in [0.1, 0.15) is 12.8 Å². The monoisotopic (exact) mass is 219 g/mol. The third kappa shape index (κ3) is 2.02. The summed E-state index contributed by atoms with van der Waals surface area (Å²) in [5.41, 5.74) is -0.716. The lowest BCUT2D eigenvalue weighted by molar-refractivity contribution is 0.0759. The third-order valence-electron chi connectivity index (χ3n) is 2.92. The van der Waals surface area contributed by atoms with Crippen LogP contribution in [0.25, 0.3) is 0 Å². The second kappa shape index (κ2) is 3.68. The predicted molar refractivity (Wildman–Crippen MR) is 51.5 cm³/mol. The van der Waals surface area contributed by atoms with Gasteiger partial charge in [-0.25, -0.2) is 4.79 Å². The summed E-state index contributed by atoms with van der Waals surface area (Å²) in [4.78, 5) is 12.7. The highest BCUT2D eigenvalue weighted by atomic mass is 35.5. The highest BCUT2D eigenvalue weighted by molar-refractivity contribution is 6.61. The summed E-state index contributed by atoms with van der Waals surface area (Å²) in [5.74, 6) is 0. The molecule has 0 amide bonds. The molecule has 0 N–H and O–H groups in total. The SMILES string of the molecule is CN(C)[C@@H]1C[C@@H](OC(=O)Cl)C[C@@H]2O[C@@H]21. The Morgan fingerprint density at radius 2 is 2.21 bits per heavy atom. The summed E-state index contributed by atoms with van der Waals surface area (Å²) in [6.07, 6.45) is 2.10. The number of hydrogen-bond donors (Lipinski definition) is 0. The maximum atomic E-state index is 10.6. The van der Waals surface area contributed by atoms with Gasteiger partial charge in [0.1, 0.15) is 6.10 Å². The first kappa shape index (κ1) is 10.2. The Balaban J connectivity index is 1.93. The second-order valence-electron chi connectivity index (χ2n) is 4.12. The van der Waals surface area contributed by atoms with Gasteiger partial charge in [-0.2, -0.15) is 0 Å². The molecule has 4 nitrogen and oxygen atoms in total. The number of carbonyl (C=O) groups excluding carboxylic acids is 1. The van der Waals surface area contributed by atoms with Gasteiger partial charge < -0.3 is 14.4 Å². The number of likely N-dealkylation sites (N-methyl/N-ethyl adjacent to an activating group) is 1. The fourth-order valence-electron chi connectivity index (χ4n) is 2.18. The van der Waals surface area contributed by atoms with Gasteiger partial charge in [0.15, 0.2) is 0 Å². The molecule has 1 heterocycles. The van der Waals surface area contributed by atoms with Crippen LogP contribution < -0.4 is 0 Å². The lowest BCUT2D eigenvalue weighted by atomic mass is 9.92. The average Bonchev–Trinajstić information content (AvgIpc) is 2.79. The van der Waals surface area contributed by atoms with Crippen molar-refractivity contribution in [3.63, 3.8) is 0 Å². The number of hydrogen-bond acceptors (Lipinski definition) is 4. The number of rotatable bonds is 2. The van der Waals surface area contributed by atoms with Crippen molar-refractivity contribution in [1.82, 2.24) is 4.90 Å². The van der Waals surface area contributed by atoms with Gasteiger partial charge in [0.05, 0.1) is 12.2 Å². The van der Waals surface area contributed by atoms with E-state index in [1.165, 1.54) is 0 Å². The molecule has 0 aromatic carbocycles. The van der Waals surface area contributed by atoms with E-state index in [2.05, 4.69) is 4.90 Å². The van der Waals surface area contributed by atoms with Gasteiger partial charge in [0.25, 0.3) is 0 Å². The van der Waals surface area contributed by atoms with E-state index in [9.17, 15) is 4.79 Å². The van der Waals surface area contributed by atoms with Crippen LogP contribution in [0.5, 0.6) is 0 Å². The van der Waals surface area contributed by atoms with Gasteiger partial charge in [0.2, 0.25) is 0 Å². The summed E-state index contributed by atoms with van der Waals surface area (Å²) in [6.45, 7) is 0. The van der Waals surface area contributed by atoms with Crippen molar-refractivity contribution >= 4 is 17.0 Å². The highest BCUT2D eigenvalue weighted by Crippen LogP contribution is 2.39. The summed E-state index contributed by atoms with van der Waals surface area (Å²) >= 11 is 5.18. The van der Waals surface area contributed by atoms with Gasteiger partial charge in [-0.1, -0.05) is 0 Å². The van der Waals surface area contributed by atoms with Crippen LogP contribution in [-0.4, -0.2) is 48.8 Å². The molecule has 2 fully saturated rings.